The lowest BCUT2D eigenvalue weighted by Gasteiger charge is -2.27. The number of hydrogen-bond donors (Lipinski definition) is 1. The van der Waals surface area contributed by atoms with Gasteiger partial charge in [0.2, 0.25) is 0 Å². The summed E-state index contributed by atoms with van der Waals surface area (Å²) in [6.45, 7) is 7.72. The Morgan fingerprint density at radius 1 is 1.38 bits per heavy atom. The van der Waals surface area contributed by atoms with E-state index in [0.29, 0.717) is 6.04 Å². The lowest BCUT2D eigenvalue weighted by molar-refractivity contribution is 0.217. The van der Waals surface area contributed by atoms with Crippen molar-refractivity contribution in [1.82, 2.24) is 5.32 Å². The van der Waals surface area contributed by atoms with Crippen molar-refractivity contribution in [3.63, 3.8) is 0 Å². The first-order chi connectivity index (χ1) is 10.3. The summed E-state index contributed by atoms with van der Waals surface area (Å²) in [6, 6.07) is 9.30. The second-order valence-corrected chi connectivity index (χ2v) is 6.53. The topological polar surface area (TPSA) is 24.5 Å². The molecule has 2 fully saturated rings. The highest BCUT2D eigenvalue weighted by Crippen LogP contribution is 2.34. The molecule has 1 aliphatic carbocycles. The van der Waals surface area contributed by atoms with E-state index in [2.05, 4.69) is 48.3 Å². The zero-order valence-electron chi connectivity index (χ0n) is 13.3. The third-order valence-corrected chi connectivity index (χ3v) is 4.71. The van der Waals surface area contributed by atoms with Gasteiger partial charge in [0.05, 0.1) is 6.10 Å². The molecule has 0 amide bonds. The summed E-state index contributed by atoms with van der Waals surface area (Å²) in [5, 5.41) is 3.73. The molecule has 0 spiro atoms. The summed E-state index contributed by atoms with van der Waals surface area (Å²) in [4.78, 5) is 2.53. The highest BCUT2D eigenvalue weighted by atomic mass is 16.5. The molecule has 3 rings (SSSR count). The normalized spacial score (nSPS) is 24.5. The van der Waals surface area contributed by atoms with E-state index >= 15 is 0 Å². The molecule has 116 valence electrons. The van der Waals surface area contributed by atoms with Gasteiger partial charge in [0.1, 0.15) is 5.75 Å². The van der Waals surface area contributed by atoms with Gasteiger partial charge in [0.15, 0.2) is 0 Å². The summed E-state index contributed by atoms with van der Waals surface area (Å²) in [5.74, 6) is 1.91. The van der Waals surface area contributed by atoms with Crippen LogP contribution in [0.15, 0.2) is 24.3 Å². The van der Waals surface area contributed by atoms with Crippen molar-refractivity contribution in [2.75, 3.05) is 24.5 Å². The maximum atomic E-state index is 5.97. The number of rotatable bonds is 5. The molecule has 3 heteroatoms. The molecule has 1 aromatic rings. The molecule has 2 atom stereocenters. The van der Waals surface area contributed by atoms with Crippen molar-refractivity contribution in [3.05, 3.63) is 24.3 Å². The number of anilines is 1. The van der Waals surface area contributed by atoms with Gasteiger partial charge < -0.3 is 15.0 Å². The highest BCUT2D eigenvalue weighted by molar-refractivity contribution is 5.51. The van der Waals surface area contributed by atoms with E-state index in [0.717, 1.165) is 37.7 Å². The summed E-state index contributed by atoms with van der Waals surface area (Å²) in [5.41, 5.74) is 1.31. The molecule has 0 bridgehead atoms. The maximum Gasteiger partial charge on any atom is 0.121 e. The molecular weight excluding hydrogens is 260 g/mol. The second kappa shape index (κ2) is 6.69. The average Bonchev–Trinajstić information content (AvgIpc) is 3.33. The van der Waals surface area contributed by atoms with E-state index < -0.39 is 0 Å². The van der Waals surface area contributed by atoms with Crippen LogP contribution in [0.25, 0.3) is 0 Å². The minimum absolute atomic E-state index is 0.283. The Kier molecular flexibility index (Phi) is 4.69. The highest BCUT2D eigenvalue weighted by Gasteiger charge is 2.33. The molecule has 3 nitrogen and oxygen atoms in total. The van der Waals surface area contributed by atoms with Gasteiger partial charge >= 0.3 is 0 Å². The van der Waals surface area contributed by atoms with E-state index in [1.807, 2.05) is 0 Å². The number of nitrogens with one attached hydrogen (secondary N) is 1. The first-order valence-corrected chi connectivity index (χ1v) is 8.51. The van der Waals surface area contributed by atoms with Gasteiger partial charge in [-0.15, -0.1) is 0 Å². The van der Waals surface area contributed by atoms with E-state index in [1.165, 1.54) is 24.9 Å². The predicted molar refractivity (Wildman–Crippen MR) is 88.2 cm³/mol. The molecule has 1 saturated heterocycles. The summed E-state index contributed by atoms with van der Waals surface area (Å²) in [6.07, 6.45) is 5.36. The maximum absolute atomic E-state index is 5.97. The van der Waals surface area contributed by atoms with E-state index in [1.54, 1.807) is 0 Å². The van der Waals surface area contributed by atoms with Crippen molar-refractivity contribution in [3.8, 4) is 5.75 Å². The Labute approximate surface area is 128 Å². The van der Waals surface area contributed by atoms with Crippen LogP contribution in [0.2, 0.25) is 0 Å². The fourth-order valence-corrected chi connectivity index (χ4v) is 3.07. The summed E-state index contributed by atoms with van der Waals surface area (Å²) < 4.78 is 5.97. The van der Waals surface area contributed by atoms with Crippen molar-refractivity contribution in [2.24, 2.45) is 5.92 Å². The van der Waals surface area contributed by atoms with Crippen LogP contribution in [-0.4, -0.2) is 31.8 Å². The van der Waals surface area contributed by atoms with Gasteiger partial charge in [-0.3, -0.25) is 0 Å². The molecule has 1 N–H and O–H groups in total. The van der Waals surface area contributed by atoms with Crippen LogP contribution >= 0.6 is 0 Å². The van der Waals surface area contributed by atoms with Crippen LogP contribution in [0.5, 0.6) is 5.75 Å². The Bertz CT molecular complexity index is 458. The Balaban J connectivity index is 1.70. The first kappa shape index (κ1) is 14.7. The van der Waals surface area contributed by atoms with Gasteiger partial charge in [-0.2, -0.15) is 0 Å². The first-order valence-electron chi connectivity index (χ1n) is 8.51. The number of nitrogens with zero attached hydrogens (tertiary/aromatic N) is 1. The standard InChI is InChI=1S/C18H28N2O/c1-3-14(2)21-17-7-4-6-16(12-17)20-11-5-10-19-18(13-20)15-8-9-15/h4,6-7,12,14-15,18-19H,3,5,8-11,13H2,1-2H3. The largest absolute Gasteiger partial charge is 0.491 e. The van der Waals surface area contributed by atoms with E-state index in [4.69, 9.17) is 4.74 Å². The zero-order chi connectivity index (χ0) is 14.7. The summed E-state index contributed by atoms with van der Waals surface area (Å²) >= 11 is 0. The van der Waals surface area contributed by atoms with Crippen LogP contribution in [0, 0.1) is 5.92 Å². The second-order valence-electron chi connectivity index (χ2n) is 6.53. The fraction of sp³-hybridized carbons (Fsp3) is 0.667. The smallest absolute Gasteiger partial charge is 0.121 e. The minimum atomic E-state index is 0.283. The number of ether oxygens (including phenoxy) is 1. The molecule has 2 aliphatic rings. The van der Waals surface area contributed by atoms with Gasteiger partial charge in [-0.1, -0.05) is 13.0 Å². The lowest BCUT2D eigenvalue weighted by atomic mass is 10.1. The van der Waals surface area contributed by atoms with E-state index in [9.17, 15) is 0 Å². The zero-order valence-corrected chi connectivity index (χ0v) is 13.3. The van der Waals surface area contributed by atoms with Crippen LogP contribution in [0.1, 0.15) is 39.5 Å². The Morgan fingerprint density at radius 2 is 2.24 bits per heavy atom. The van der Waals surface area contributed by atoms with Crippen molar-refractivity contribution < 1.29 is 4.74 Å². The Hall–Kier alpha value is -1.22. The summed E-state index contributed by atoms with van der Waals surface area (Å²) in [7, 11) is 0. The van der Waals surface area contributed by atoms with Crippen molar-refractivity contribution >= 4 is 5.69 Å². The van der Waals surface area contributed by atoms with Crippen molar-refractivity contribution in [2.45, 2.75) is 51.7 Å². The van der Waals surface area contributed by atoms with Gasteiger partial charge in [0, 0.05) is 30.9 Å². The van der Waals surface area contributed by atoms with Gasteiger partial charge in [-0.25, -0.2) is 0 Å². The van der Waals surface area contributed by atoms with E-state index in [-0.39, 0.29) is 6.10 Å². The van der Waals surface area contributed by atoms with Crippen LogP contribution in [0.3, 0.4) is 0 Å². The van der Waals surface area contributed by atoms with Crippen LogP contribution in [-0.2, 0) is 0 Å². The Morgan fingerprint density at radius 3 is 3.00 bits per heavy atom. The molecule has 1 heterocycles. The molecule has 0 radical (unpaired) electrons. The quantitative estimate of drug-likeness (QED) is 0.898. The minimum Gasteiger partial charge on any atom is -0.491 e. The van der Waals surface area contributed by atoms with Crippen LogP contribution < -0.4 is 15.0 Å². The molecule has 2 unspecified atom stereocenters. The predicted octanol–water partition coefficient (Wildman–Crippen LogP) is 3.44. The lowest BCUT2D eigenvalue weighted by Crippen LogP contribution is -2.39. The molecule has 0 aromatic heterocycles. The third-order valence-electron chi connectivity index (χ3n) is 4.71. The monoisotopic (exact) mass is 288 g/mol. The molecular formula is C18H28N2O. The molecule has 1 aromatic carbocycles. The van der Waals surface area contributed by atoms with Gasteiger partial charge in [0.25, 0.3) is 0 Å². The van der Waals surface area contributed by atoms with Crippen molar-refractivity contribution in [1.29, 1.82) is 0 Å². The molecule has 1 saturated carbocycles. The average molecular weight is 288 g/mol. The molecule has 1 aliphatic heterocycles. The van der Waals surface area contributed by atoms with Crippen LogP contribution in [0.4, 0.5) is 5.69 Å². The number of benzene rings is 1. The van der Waals surface area contributed by atoms with Gasteiger partial charge in [-0.05, 0) is 57.2 Å². The molecule has 21 heavy (non-hydrogen) atoms. The number of hydrogen-bond acceptors (Lipinski definition) is 3. The fourth-order valence-electron chi connectivity index (χ4n) is 3.07. The third kappa shape index (κ3) is 3.91. The SMILES string of the molecule is CCC(C)Oc1cccc(N2CCCNC(C3CC3)C2)c1.